The highest BCUT2D eigenvalue weighted by Crippen LogP contribution is 2.26. The van der Waals surface area contributed by atoms with Gasteiger partial charge in [-0.25, -0.2) is 0 Å². The lowest BCUT2D eigenvalue weighted by molar-refractivity contribution is 0.0717. The summed E-state index contributed by atoms with van der Waals surface area (Å²) >= 11 is 0. The van der Waals surface area contributed by atoms with Gasteiger partial charge >= 0.3 is 0 Å². The third-order valence-corrected chi connectivity index (χ3v) is 3.51. The van der Waals surface area contributed by atoms with Gasteiger partial charge in [-0.05, 0) is 42.8 Å². The topological polar surface area (TPSA) is 45.5 Å². The van der Waals surface area contributed by atoms with Gasteiger partial charge in [-0.2, -0.15) is 0 Å². The van der Waals surface area contributed by atoms with E-state index >= 15 is 0 Å². The first-order chi connectivity index (χ1) is 10.3. The number of fused-ring (bicyclic) bond motifs is 1. The van der Waals surface area contributed by atoms with Crippen molar-refractivity contribution in [2.75, 3.05) is 11.9 Å². The fourth-order valence-electron chi connectivity index (χ4n) is 2.52. The van der Waals surface area contributed by atoms with E-state index < -0.39 is 0 Å². The molecular weight excluding hydrogens is 264 g/mol. The first-order valence-corrected chi connectivity index (χ1v) is 7.18. The minimum absolute atomic E-state index is 0.0697. The van der Waals surface area contributed by atoms with Crippen LogP contribution in [-0.2, 0) is 0 Å². The Labute approximate surface area is 124 Å². The van der Waals surface area contributed by atoms with Gasteiger partial charge in [0.2, 0.25) is 0 Å². The zero-order chi connectivity index (χ0) is 14.7. The second kappa shape index (κ2) is 5.87. The molecule has 1 atom stereocenters. The Morgan fingerprint density at radius 1 is 1.29 bits per heavy atom. The molecule has 2 aromatic rings. The van der Waals surface area contributed by atoms with Crippen molar-refractivity contribution in [3.05, 3.63) is 60.1 Å². The molecule has 21 heavy (non-hydrogen) atoms. The Morgan fingerprint density at radius 3 is 2.90 bits per heavy atom. The zero-order valence-electron chi connectivity index (χ0n) is 12.0. The average molecular weight is 282 g/mol. The Hall–Kier alpha value is -2.49. The van der Waals surface area contributed by atoms with E-state index in [-0.39, 0.29) is 12.1 Å². The van der Waals surface area contributed by atoms with Crippen LogP contribution in [0.2, 0.25) is 0 Å². The van der Waals surface area contributed by atoms with E-state index in [2.05, 4.69) is 12.2 Å². The Morgan fingerprint density at radius 2 is 2.14 bits per heavy atom. The summed E-state index contributed by atoms with van der Waals surface area (Å²) in [5.41, 5.74) is 1.61. The van der Waals surface area contributed by atoms with E-state index in [4.69, 9.17) is 4.42 Å². The molecule has 0 spiro atoms. The van der Waals surface area contributed by atoms with Gasteiger partial charge in [-0.1, -0.05) is 19.1 Å². The molecule has 4 nitrogen and oxygen atoms in total. The summed E-state index contributed by atoms with van der Waals surface area (Å²) in [5, 5.41) is 3.40. The molecule has 0 aliphatic carbocycles. The largest absolute Gasteiger partial charge is 0.465 e. The lowest BCUT2D eigenvalue weighted by Gasteiger charge is -2.36. The highest BCUT2D eigenvalue weighted by Gasteiger charge is 2.29. The molecule has 1 aliphatic heterocycles. The quantitative estimate of drug-likeness (QED) is 0.932. The zero-order valence-corrected chi connectivity index (χ0v) is 12.0. The number of furan rings is 1. The van der Waals surface area contributed by atoms with Gasteiger partial charge < -0.3 is 14.6 Å². The second-order valence-electron chi connectivity index (χ2n) is 5.01. The third kappa shape index (κ3) is 2.70. The molecule has 0 fully saturated rings. The van der Waals surface area contributed by atoms with E-state index in [1.165, 1.54) is 0 Å². The van der Waals surface area contributed by atoms with Crippen LogP contribution >= 0.6 is 0 Å². The minimum Gasteiger partial charge on any atom is -0.465 e. The number of para-hydroxylation sites is 1. The number of carbonyl (C=O) groups is 1. The lowest BCUT2D eigenvalue weighted by Crippen LogP contribution is -2.48. The van der Waals surface area contributed by atoms with Crippen LogP contribution in [0.25, 0.3) is 6.08 Å². The van der Waals surface area contributed by atoms with Gasteiger partial charge in [0, 0.05) is 12.2 Å². The summed E-state index contributed by atoms with van der Waals surface area (Å²) in [6.07, 6.45) is 6.25. The second-order valence-corrected chi connectivity index (χ2v) is 5.01. The first-order valence-electron chi connectivity index (χ1n) is 7.18. The summed E-state index contributed by atoms with van der Waals surface area (Å²) in [6.45, 7) is 2.79. The number of nitrogens with one attached hydrogen (secondary N) is 1. The minimum atomic E-state index is -0.155. The van der Waals surface area contributed by atoms with Crippen molar-refractivity contribution >= 4 is 17.7 Å². The fraction of sp³-hybridized carbons (Fsp3) is 0.235. The molecule has 3 rings (SSSR count). The van der Waals surface area contributed by atoms with Gasteiger partial charge in [-0.15, -0.1) is 0 Å². The molecule has 4 heteroatoms. The number of hydrogen-bond acceptors (Lipinski definition) is 3. The normalized spacial score (nSPS) is 17.9. The van der Waals surface area contributed by atoms with Crippen LogP contribution in [0.3, 0.4) is 0 Å². The SMILES string of the molecule is CCCN1C(=O)c2ccccc2N[C@@H]1/C=C/c1ccco1. The van der Waals surface area contributed by atoms with Crippen molar-refractivity contribution in [2.24, 2.45) is 0 Å². The Kier molecular flexibility index (Phi) is 3.77. The molecular formula is C17H18N2O2. The van der Waals surface area contributed by atoms with Gasteiger partial charge in [0.1, 0.15) is 11.9 Å². The van der Waals surface area contributed by atoms with Gasteiger partial charge in [-0.3, -0.25) is 4.79 Å². The molecule has 1 amide bonds. The number of benzene rings is 1. The summed E-state index contributed by atoms with van der Waals surface area (Å²) in [4.78, 5) is 14.5. The van der Waals surface area contributed by atoms with E-state index in [1.54, 1.807) is 6.26 Å². The maximum Gasteiger partial charge on any atom is 0.257 e. The van der Waals surface area contributed by atoms with E-state index in [0.717, 1.165) is 23.4 Å². The lowest BCUT2D eigenvalue weighted by atomic mass is 10.1. The summed E-state index contributed by atoms with van der Waals surface area (Å²) in [6, 6.07) is 11.4. The van der Waals surface area contributed by atoms with E-state index in [1.807, 2.05) is 53.5 Å². The van der Waals surface area contributed by atoms with Crippen molar-refractivity contribution in [3.63, 3.8) is 0 Å². The van der Waals surface area contributed by atoms with Crippen molar-refractivity contribution in [3.8, 4) is 0 Å². The van der Waals surface area contributed by atoms with Crippen molar-refractivity contribution in [1.82, 2.24) is 4.90 Å². The molecule has 0 radical (unpaired) electrons. The number of rotatable bonds is 4. The maximum atomic E-state index is 12.6. The van der Waals surface area contributed by atoms with Crippen molar-refractivity contribution < 1.29 is 9.21 Å². The van der Waals surface area contributed by atoms with Gasteiger partial charge in [0.05, 0.1) is 11.8 Å². The van der Waals surface area contributed by atoms with Crippen molar-refractivity contribution in [1.29, 1.82) is 0 Å². The molecule has 1 N–H and O–H groups in total. The van der Waals surface area contributed by atoms with Crippen molar-refractivity contribution in [2.45, 2.75) is 19.5 Å². The molecule has 0 saturated carbocycles. The fourth-order valence-corrected chi connectivity index (χ4v) is 2.52. The molecule has 0 unspecified atom stereocenters. The van der Waals surface area contributed by atoms with E-state index in [9.17, 15) is 4.79 Å². The van der Waals surface area contributed by atoms with Gasteiger partial charge in [0.25, 0.3) is 5.91 Å². The van der Waals surface area contributed by atoms with Crippen LogP contribution in [0, 0.1) is 0 Å². The number of carbonyl (C=O) groups excluding carboxylic acids is 1. The third-order valence-electron chi connectivity index (χ3n) is 3.51. The summed E-state index contributed by atoms with van der Waals surface area (Å²) in [5.74, 6) is 0.847. The molecule has 108 valence electrons. The predicted molar refractivity (Wildman–Crippen MR) is 82.9 cm³/mol. The Bertz CT molecular complexity index is 647. The molecule has 1 aromatic heterocycles. The first kappa shape index (κ1) is 13.5. The predicted octanol–water partition coefficient (Wildman–Crippen LogP) is 3.60. The van der Waals surface area contributed by atoms with Crippen LogP contribution in [0.4, 0.5) is 5.69 Å². The Balaban J connectivity index is 1.89. The summed E-state index contributed by atoms with van der Waals surface area (Å²) in [7, 11) is 0. The number of amides is 1. The van der Waals surface area contributed by atoms with E-state index in [0.29, 0.717) is 6.54 Å². The van der Waals surface area contributed by atoms with Crippen LogP contribution < -0.4 is 5.32 Å². The highest BCUT2D eigenvalue weighted by atomic mass is 16.3. The summed E-state index contributed by atoms with van der Waals surface area (Å²) < 4.78 is 5.30. The monoisotopic (exact) mass is 282 g/mol. The molecule has 2 heterocycles. The molecule has 1 aromatic carbocycles. The maximum absolute atomic E-state index is 12.6. The standard InChI is InChI=1S/C17H18N2O2/c1-2-11-19-16(10-9-13-6-5-12-21-13)18-15-8-4-3-7-14(15)17(19)20/h3-10,12,16,18H,2,11H2,1H3/b10-9+/t16-/m0/s1. The van der Waals surface area contributed by atoms with Crippen LogP contribution in [0.1, 0.15) is 29.5 Å². The average Bonchev–Trinajstić information content (AvgIpc) is 3.02. The number of nitrogens with zero attached hydrogens (tertiary/aromatic N) is 1. The smallest absolute Gasteiger partial charge is 0.257 e. The molecule has 0 saturated heterocycles. The number of hydrogen-bond donors (Lipinski definition) is 1. The van der Waals surface area contributed by atoms with Crippen LogP contribution in [0.15, 0.2) is 53.2 Å². The molecule has 0 bridgehead atoms. The van der Waals surface area contributed by atoms with Crippen LogP contribution in [-0.4, -0.2) is 23.5 Å². The number of anilines is 1. The van der Waals surface area contributed by atoms with Crippen LogP contribution in [0.5, 0.6) is 0 Å². The molecule has 1 aliphatic rings. The highest BCUT2D eigenvalue weighted by molar-refractivity contribution is 6.01. The van der Waals surface area contributed by atoms with Gasteiger partial charge in [0.15, 0.2) is 0 Å².